The number of hydrogen-bond acceptors (Lipinski definition) is 3. The number of methoxy groups -OCH3 is 1. The molecule has 0 aliphatic carbocycles. The van der Waals surface area contributed by atoms with E-state index in [1.54, 1.807) is 12.2 Å². The van der Waals surface area contributed by atoms with Gasteiger partial charge in [-0.1, -0.05) is 26.0 Å². The molecule has 6 heteroatoms. The minimum atomic E-state index is -4.63. The standard InChI is InChI=1S/C15H18F3NO2/c1-11(2)5-4-10-21-14(15(16,17)18)19-12-6-8-13(20-3)9-7-12/h4-9,11H,10H2,1-3H3/b5-4-,19-14?. The van der Waals surface area contributed by atoms with E-state index in [0.29, 0.717) is 5.75 Å². The normalized spacial score (nSPS) is 13.0. The van der Waals surface area contributed by atoms with Gasteiger partial charge in [-0.15, -0.1) is 0 Å². The molecule has 1 aromatic rings. The maximum absolute atomic E-state index is 12.8. The minimum absolute atomic E-state index is 0.149. The first-order valence-electron chi connectivity index (χ1n) is 6.42. The van der Waals surface area contributed by atoms with Crippen LogP contribution in [-0.2, 0) is 4.74 Å². The van der Waals surface area contributed by atoms with Crippen LogP contribution in [-0.4, -0.2) is 25.8 Å². The number of halogens is 3. The van der Waals surface area contributed by atoms with Crippen LogP contribution < -0.4 is 4.74 Å². The van der Waals surface area contributed by atoms with Crippen LogP contribution in [0.2, 0.25) is 0 Å². The number of hydrogen-bond donors (Lipinski definition) is 0. The summed E-state index contributed by atoms with van der Waals surface area (Å²) in [6, 6.07) is 5.92. The van der Waals surface area contributed by atoms with Crippen molar-refractivity contribution in [3.8, 4) is 5.75 Å². The molecule has 0 bridgehead atoms. The number of nitrogens with zero attached hydrogens (tertiary/aromatic N) is 1. The van der Waals surface area contributed by atoms with Crippen LogP contribution in [0.4, 0.5) is 18.9 Å². The summed E-state index contributed by atoms with van der Waals surface area (Å²) in [5, 5.41) is 0. The van der Waals surface area contributed by atoms with E-state index in [4.69, 9.17) is 9.47 Å². The highest BCUT2D eigenvalue weighted by Gasteiger charge is 2.38. The smallest absolute Gasteiger partial charge is 0.468 e. The average molecular weight is 301 g/mol. The molecular weight excluding hydrogens is 283 g/mol. The van der Waals surface area contributed by atoms with E-state index in [1.165, 1.54) is 31.4 Å². The predicted octanol–water partition coefficient (Wildman–Crippen LogP) is 4.52. The van der Waals surface area contributed by atoms with Crippen molar-refractivity contribution in [1.82, 2.24) is 0 Å². The van der Waals surface area contributed by atoms with E-state index in [1.807, 2.05) is 13.8 Å². The first-order chi connectivity index (χ1) is 9.82. The third kappa shape index (κ3) is 6.33. The second-order valence-electron chi connectivity index (χ2n) is 4.60. The van der Waals surface area contributed by atoms with Crippen molar-refractivity contribution in [3.63, 3.8) is 0 Å². The molecule has 0 saturated carbocycles. The largest absolute Gasteiger partial charge is 0.497 e. The Labute approximate surface area is 122 Å². The number of alkyl halides is 3. The highest BCUT2D eigenvalue weighted by atomic mass is 19.4. The Kier molecular flexibility index (Phi) is 6.27. The quantitative estimate of drug-likeness (QED) is 0.455. The third-order valence-electron chi connectivity index (χ3n) is 2.38. The van der Waals surface area contributed by atoms with Crippen LogP contribution >= 0.6 is 0 Å². The van der Waals surface area contributed by atoms with Gasteiger partial charge in [0, 0.05) is 0 Å². The van der Waals surface area contributed by atoms with Crippen molar-refractivity contribution in [1.29, 1.82) is 0 Å². The zero-order valence-electron chi connectivity index (χ0n) is 12.1. The molecule has 3 nitrogen and oxygen atoms in total. The highest BCUT2D eigenvalue weighted by molar-refractivity contribution is 5.84. The van der Waals surface area contributed by atoms with Crippen molar-refractivity contribution in [2.45, 2.75) is 20.0 Å². The molecule has 0 aliphatic heterocycles. The van der Waals surface area contributed by atoms with Crippen LogP contribution in [0, 0.1) is 5.92 Å². The molecule has 0 atom stereocenters. The van der Waals surface area contributed by atoms with Gasteiger partial charge in [0.25, 0.3) is 5.90 Å². The summed E-state index contributed by atoms with van der Waals surface area (Å²) in [5.41, 5.74) is 0.149. The lowest BCUT2D eigenvalue weighted by Gasteiger charge is -2.11. The van der Waals surface area contributed by atoms with E-state index in [-0.39, 0.29) is 18.2 Å². The average Bonchev–Trinajstić information content (AvgIpc) is 2.41. The lowest BCUT2D eigenvalue weighted by Crippen LogP contribution is -2.25. The van der Waals surface area contributed by atoms with E-state index in [9.17, 15) is 13.2 Å². The van der Waals surface area contributed by atoms with Crippen LogP contribution in [0.1, 0.15) is 13.8 Å². The summed E-state index contributed by atoms with van der Waals surface area (Å²) >= 11 is 0. The van der Waals surface area contributed by atoms with Gasteiger partial charge >= 0.3 is 6.18 Å². The van der Waals surface area contributed by atoms with Crippen molar-refractivity contribution in [2.24, 2.45) is 10.9 Å². The zero-order valence-corrected chi connectivity index (χ0v) is 12.1. The fourth-order valence-electron chi connectivity index (χ4n) is 1.41. The maximum Gasteiger partial charge on any atom is 0.468 e. The van der Waals surface area contributed by atoms with Gasteiger partial charge in [0.15, 0.2) is 0 Å². The van der Waals surface area contributed by atoms with Gasteiger partial charge < -0.3 is 9.47 Å². The van der Waals surface area contributed by atoms with Crippen LogP contribution in [0.5, 0.6) is 5.75 Å². The lowest BCUT2D eigenvalue weighted by molar-refractivity contribution is -0.0770. The first kappa shape index (κ1) is 17.1. The molecule has 0 fully saturated rings. The van der Waals surface area contributed by atoms with Crippen LogP contribution in [0.15, 0.2) is 41.4 Å². The predicted molar refractivity (Wildman–Crippen MR) is 76.1 cm³/mol. The zero-order chi connectivity index (χ0) is 15.9. The number of ether oxygens (including phenoxy) is 2. The van der Waals surface area contributed by atoms with Gasteiger partial charge in [-0.25, -0.2) is 4.99 Å². The second kappa shape index (κ2) is 7.71. The molecule has 0 aromatic heterocycles. The molecule has 0 heterocycles. The Morgan fingerprint density at radius 1 is 1.24 bits per heavy atom. The van der Waals surface area contributed by atoms with E-state index >= 15 is 0 Å². The van der Waals surface area contributed by atoms with Crippen LogP contribution in [0.25, 0.3) is 0 Å². The van der Waals surface area contributed by atoms with Crippen molar-refractivity contribution in [3.05, 3.63) is 36.4 Å². The molecule has 0 N–H and O–H groups in total. The number of allylic oxidation sites excluding steroid dienone is 1. The summed E-state index contributed by atoms with van der Waals surface area (Å²) in [5.74, 6) is -0.467. The van der Waals surface area contributed by atoms with Crippen molar-refractivity contribution >= 4 is 11.6 Å². The molecule has 1 aromatic carbocycles. The summed E-state index contributed by atoms with van der Waals surface area (Å²) in [6.45, 7) is 3.67. The topological polar surface area (TPSA) is 30.8 Å². The Morgan fingerprint density at radius 2 is 1.86 bits per heavy atom. The molecule has 0 radical (unpaired) electrons. The minimum Gasteiger partial charge on any atom is -0.497 e. The van der Waals surface area contributed by atoms with Gasteiger partial charge in [-0.2, -0.15) is 13.2 Å². The highest BCUT2D eigenvalue weighted by Crippen LogP contribution is 2.24. The molecule has 0 spiro atoms. The number of benzene rings is 1. The monoisotopic (exact) mass is 301 g/mol. The molecule has 0 amide bonds. The van der Waals surface area contributed by atoms with E-state index < -0.39 is 12.1 Å². The Morgan fingerprint density at radius 3 is 2.33 bits per heavy atom. The third-order valence-corrected chi connectivity index (χ3v) is 2.38. The Bertz CT molecular complexity index is 491. The summed E-state index contributed by atoms with van der Waals surface area (Å²) < 4.78 is 48.2. The lowest BCUT2D eigenvalue weighted by atomic mass is 10.2. The Hall–Kier alpha value is -1.98. The molecule has 1 rings (SSSR count). The summed E-state index contributed by atoms with van der Waals surface area (Å²) in [7, 11) is 1.48. The van der Waals surface area contributed by atoms with Gasteiger partial charge in [0.05, 0.1) is 12.8 Å². The molecule has 0 unspecified atom stereocenters. The van der Waals surface area contributed by atoms with Gasteiger partial charge in [-0.3, -0.25) is 0 Å². The number of rotatable bonds is 5. The first-order valence-corrected chi connectivity index (χ1v) is 6.42. The van der Waals surface area contributed by atoms with E-state index in [2.05, 4.69) is 4.99 Å². The fourth-order valence-corrected chi connectivity index (χ4v) is 1.41. The molecule has 0 saturated heterocycles. The Balaban J connectivity index is 2.83. The molecular formula is C15H18F3NO2. The van der Waals surface area contributed by atoms with E-state index in [0.717, 1.165) is 0 Å². The second-order valence-corrected chi connectivity index (χ2v) is 4.60. The van der Waals surface area contributed by atoms with Gasteiger partial charge in [-0.05, 0) is 30.2 Å². The van der Waals surface area contributed by atoms with Gasteiger partial charge in [0.1, 0.15) is 12.4 Å². The SMILES string of the molecule is COc1ccc(N=C(OC/C=C\C(C)C)C(F)(F)F)cc1. The fraction of sp³-hybridized carbons (Fsp3) is 0.400. The van der Waals surface area contributed by atoms with Crippen molar-refractivity contribution in [2.75, 3.05) is 13.7 Å². The molecule has 116 valence electrons. The van der Waals surface area contributed by atoms with Crippen LogP contribution in [0.3, 0.4) is 0 Å². The number of aliphatic imine (C=N–C) groups is 1. The summed E-state index contributed by atoms with van der Waals surface area (Å²) in [6.07, 6.45) is -1.33. The molecule has 21 heavy (non-hydrogen) atoms. The maximum atomic E-state index is 12.8. The molecule has 0 aliphatic rings. The van der Waals surface area contributed by atoms with Crippen molar-refractivity contribution < 1.29 is 22.6 Å². The van der Waals surface area contributed by atoms with Gasteiger partial charge in [0.2, 0.25) is 0 Å². The summed E-state index contributed by atoms with van der Waals surface area (Å²) in [4.78, 5) is 3.50.